The fourth-order valence-corrected chi connectivity index (χ4v) is 5.12. The number of aromatic nitrogens is 2. The Morgan fingerprint density at radius 3 is 2.64 bits per heavy atom. The van der Waals surface area contributed by atoms with Gasteiger partial charge >= 0.3 is 0 Å². The molecule has 1 aromatic heterocycles. The van der Waals surface area contributed by atoms with Crippen molar-refractivity contribution < 1.29 is 4.57 Å². The Balaban J connectivity index is 1.84. The number of para-hydroxylation sites is 2. The first kappa shape index (κ1) is 19.3. The Bertz CT molecular complexity index is 1030. The third kappa shape index (κ3) is 3.65. The van der Waals surface area contributed by atoms with Crippen molar-refractivity contribution in [1.82, 2.24) is 9.47 Å². The summed E-state index contributed by atoms with van der Waals surface area (Å²) in [5.74, 6) is 2.37. The van der Waals surface area contributed by atoms with Crippen molar-refractivity contribution in [2.24, 2.45) is 0 Å². The molecule has 0 unspecified atom stereocenters. The molecule has 0 radical (unpaired) electrons. The third-order valence-electron chi connectivity index (χ3n) is 5.11. The predicted octanol–water partition coefficient (Wildman–Crippen LogP) is 5.62. The highest BCUT2D eigenvalue weighted by atomic mass is 79.9. The number of hydrogen-bond acceptors (Lipinski definition) is 2. The molecular formula is C23H25BrN3S+. The number of hydrogen-bond donors (Lipinski definition) is 0. The van der Waals surface area contributed by atoms with Crippen LogP contribution in [0.25, 0.3) is 22.8 Å². The third-order valence-corrected chi connectivity index (χ3v) is 6.71. The molecule has 5 heteroatoms. The molecule has 0 spiro atoms. The molecule has 1 fully saturated rings. The standard InChI is InChI=1S/C23H25BrN3S/c1-3-25-16-17-28-23(25)11-7-10-22-26(4-2)20-8-5-6-9-21(20)27(22)19-14-12-18(24)13-15-19/h5-15H,3-4,16-17H2,1-2H3/q+1. The van der Waals surface area contributed by atoms with E-state index in [4.69, 9.17) is 0 Å². The maximum Gasteiger partial charge on any atom is 0.287 e. The van der Waals surface area contributed by atoms with E-state index in [-0.39, 0.29) is 0 Å². The highest BCUT2D eigenvalue weighted by molar-refractivity contribution is 9.10. The van der Waals surface area contributed by atoms with Gasteiger partial charge in [0.1, 0.15) is 5.69 Å². The van der Waals surface area contributed by atoms with E-state index < -0.39 is 0 Å². The molecule has 0 amide bonds. The molecule has 2 heterocycles. The fourth-order valence-electron chi connectivity index (χ4n) is 3.75. The molecule has 4 rings (SSSR count). The number of aryl methyl sites for hydroxylation is 1. The highest BCUT2D eigenvalue weighted by Gasteiger charge is 2.23. The van der Waals surface area contributed by atoms with Crippen LogP contribution in [0.3, 0.4) is 0 Å². The molecule has 3 aromatic rings. The van der Waals surface area contributed by atoms with Gasteiger partial charge in [0, 0.05) is 29.4 Å². The van der Waals surface area contributed by atoms with E-state index in [1.807, 2.05) is 11.8 Å². The van der Waals surface area contributed by atoms with Gasteiger partial charge < -0.3 is 4.90 Å². The maximum absolute atomic E-state index is 3.55. The molecule has 0 atom stereocenters. The molecule has 0 aliphatic carbocycles. The minimum atomic E-state index is 0.927. The van der Waals surface area contributed by atoms with E-state index in [0.29, 0.717) is 0 Å². The van der Waals surface area contributed by atoms with Crippen molar-refractivity contribution in [2.45, 2.75) is 20.4 Å². The Labute approximate surface area is 179 Å². The van der Waals surface area contributed by atoms with Gasteiger partial charge in [0.05, 0.1) is 11.6 Å². The number of allylic oxidation sites excluding steroid dienone is 2. The van der Waals surface area contributed by atoms with Crippen LogP contribution in [-0.4, -0.2) is 28.3 Å². The van der Waals surface area contributed by atoms with Crippen LogP contribution in [0.15, 0.2) is 70.2 Å². The average Bonchev–Trinajstić information content (AvgIpc) is 3.30. The number of imidazole rings is 1. The van der Waals surface area contributed by atoms with E-state index in [1.165, 1.54) is 33.3 Å². The Morgan fingerprint density at radius 2 is 1.89 bits per heavy atom. The number of rotatable bonds is 5. The SMILES string of the molecule is CCN1CCS/C1=C\C=C\c1n(-c2ccc(Br)cc2)c2ccccc2[n+]1CC. The van der Waals surface area contributed by atoms with Crippen molar-refractivity contribution in [2.75, 3.05) is 18.8 Å². The first-order chi connectivity index (χ1) is 13.7. The normalized spacial score (nSPS) is 16.1. The molecule has 0 saturated carbocycles. The average molecular weight is 455 g/mol. The van der Waals surface area contributed by atoms with Gasteiger partial charge in [0.2, 0.25) is 0 Å². The Morgan fingerprint density at radius 1 is 1.11 bits per heavy atom. The molecular weight excluding hydrogens is 430 g/mol. The van der Waals surface area contributed by atoms with Gasteiger partial charge in [0.25, 0.3) is 5.82 Å². The van der Waals surface area contributed by atoms with Crippen LogP contribution in [0.4, 0.5) is 0 Å². The van der Waals surface area contributed by atoms with Crippen LogP contribution >= 0.6 is 27.7 Å². The van der Waals surface area contributed by atoms with Crippen molar-refractivity contribution in [3.63, 3.8) is 0 Å². The second-order valence-corrected chi connectivity index (χ2v) is 8.73. The first-order valence-electron chi connectivity index (χ1n) is 9.78. The topological polar surface area (TPSA) is 12.1 Å². The highest BCUT2D eigenvalue weighted by Crippen LogP contribution is 2.27. The van der Waals surface area contributed by atoms with Gasteiger partial charge in [-0.1, -0.05) is 34.1 Å². The zero-order valence-corrected chi connectivity index (χ0v) is 18.7. The summed E-state index contributed by atoms with van der Waals surface area (Å²) in [6.45, 7) is 7.57. The second kappa shape index (κ2) is 8.58. The van der Waals surface area contributed by atoms with E-state index >= 15 is 0 Å². The summed E-state index contributed by atoms with van der Waals surface area (Å²) < 4.78 is 5.82. The minimum absolute atomic E-state index is 0.927. The van der Waals surface area contributed by atoms with Gasteiger partial charge in [0.15, 0.2) is 11.0 Å². The van der Waals surface area contributed by atoms with Crippen LogP contribution in [0, 0.1) is 0 Å². The van der Waals surface area contributed by atoms with E-state index in [9.17, 15) is 0 Å². The summed E-state index contributed by atoms with van der Waals surface area (Å²) in [4.78, 5) is 2.44. The van der Waals surface area contributed by atoms with Gasteiger partial charge in [-0.05, 0) is 56.3 Å². The summed E-state index contributed by atoms with van der Waals surface area (Å²) in [6.07, 6.45) is 6.70. The second-order valence-electron chi connectivity index (χ2n) is 6.70. The number of benzene rings is 2. The quantitative estimate of drug-likeness (QED) is 0.463. The zero-order valence-electron chi connectivity index (χ0n) is 16.3. The molecule has 1 saturated heterocycles. The lowest BCUT2D eigenvalue weighted by molar-refractivity contribution is -0.670. The molecule has 0 N–H and O–H groups in total. The van der Waals surface area contributed by atoms with Crippen molar-refractivity contribution in [3.05, 3.63) is 76.0 Å². The van der Waals surface area contributed by atoms with Gasteiger partial charge in [-0.2, -0.15) is 4.57 Å². The lowest BCUT2D eigenvalue weighted by Crippen LogP contribution is -2.35. The Hall–Kier alpha value is -1.98. The molecule has 144 valence electrons. The number of halogens is 1. The molecule has 28 heavy (non-hydrogen) atoms. The summed E-state index contributed by atoms with van der Waals surface area (Å²) in [6, 6.07) is 17.2. The van der Waals surface area contributed by atoms with Crippen LogP contribution in [0.1, 0.15) is 19.7 Å². The van der Waals surface area contributed by atoms with E-state index in [2.05, 4.69) is 111 Å². The van der Waals surface area contributed by atoms with Crippen LogP contribution < -0.4 is 4.57 Å². The first-order valence-corrected chi connectivity index (χ1v) is 11.6. The Kier molecular flexibility index (Phi) is 5.93. The lowest BCUT2D eigenvalue weighted by atomic mass is 10.2. The summed E-state index contributed by atoms with van der Waals surface area (Å²) in [5, 5.41) is 1.37. The monoisotopic (exact) mass is 454 g/mol. The smallest absolute Gasteiger partial charge is 0.287 e. The summed E-state index contributed by atoms with van der Waals surface area (Å²) in [5.41, 5.74) is 3.65. The van der Waals surface area contributed by atoms with E-state index in [1.54, 1.807) is 0 Å². The summed E-state index contributed by atoms with van der Waals surface area (Å²) in [7, 11) is 0. The van der Waals surface area contributed by atoms with Crippen molar-refractivity contribution >= 4 is 44.8 Å². The number of fused-ring (bicyclic) bond motifs is 1. The number of nitrogens with zero attached hydrogens (tertiary/aromatic N) is 3. The lowest BCUT2D eigenvalue weighted by Gasteiger charge is -2.14. The fraction of sp³-hybridized carbons (Fsp3) is 0.261. The van der Waals surface area contributed by atoms with E-state index in [0.717, 1.165) is 24.1 Å². The van der Waals surface area contributed by atoms with Gasteiger partial charge in [-0.3, -0.25) is 0 Å². The van der Waals surface area contributed by atoms with Crippen LogP contribution in [-0.2, 0) is 6.54 Å². The molecule has 2 aromatic carbocycles. The molecule has 3 nitrogen and oxygen atoms in total. The molecule has 1 aliphatic rings. The maximum atomic E-state index is 3.55. The molecule has 0 bridgehead atoms. The van der Waals surface area contributed by atoms with Crippen LogP contribution in [0.2, 0.25) is 0 Å². The van der Waals surface area contributed by atoms with Crippen LogP contribution in [0.5, 0.6) is 0 Å². The number of thioether (sulfide) groups is 1. The van der Waals surface area contributed by atoms with Gasteiger partial charge in [-0.25, -0.2) is 4.57 Å². The minimum Gasteiger partial charge on any atom is -0.366 e. The largest absolute Gasteiger partial charge is 0.366 e. The van der Waals surface area contributed by atoms with Crippen molar-refractivity contribution in [1.29, 1.82) is 0 Å². The van der Waals surface area contributed by atoms with Gasteiger partial charge in [-0.15, -0.1) is 11.8 Å². The predicted molar refractivity (Wildman–Crippen MR) is 124 cm³/mol. The summed E-state index contributed by atoms with van der Waals surface area (Å²) >= 11 is 5.50. The molecule has 1 aliphatic heterocycles. The van der Waals surface area contributed by atoms with Crippen molar-refractivity contribution in [3.8, 4) is 5.69 Å². The zero-order chi connectivity index (χ0) is 19.5.